The first-order valence-electron chi connectivity index (χ1n) is 10.2. The molecular formula is C21H30O5. The minimum absolute atomic E-state index is 0.0964. The number of rotatable bonds is 4. The first kappa shape index (κ1) is 18.0. The minimum atomic E-state index is -0.435. The number of aliphatic hydroxyl groups excluding tert-OH is 1. The van der Waals surface area contributed by atoms with Gasteiger partial charge >= 0.3 is 11.9 Å². The van der Waals surface area contributed by atoms with E-state index in [4.69, 9.17) is 9.47 Å². The zero-order chi connectivity index (χ0) is 18.3. The van der Waals surface area contributed by atoms with Crippen molar-refractivity contribution >= 4 is 11.9 Å². The van der Waals surface area contributed by atoms with Gasteiger partial charge in [0.1, 0.15) is 11.7 Å². The molecule has 0 amide bonds. The molecule has 144 valence electrons. The van der Waals surface area contributed by atoms with E-state index in [1.807, 2.05) is 19.1 Å². The summed E-state index contributed by atoms with van der Waals surface area (Å²) >= 11 is 0. The highest BCUT2D eigenvalue weighted by Crippen LogP contribution is 2.45. The fourth-order valence-electron chi connectivity index (χ4n) is 5.32. The van der Waals surface area contributed by atoms with Crippen molar-refractivity contribution in [3.8, 4) is 0 Å². The average Bonchev–Trinajstić information content (AvgIpc) is 3.30. The van der Waals surface area contributed by atoms with Crippen LogP contribution in [0.1, 0.15) is 64.7 Å². The van der Waals surface area contributed by atoms with Crippen molar-refractivity contribution in [2.24, 2.45) is 23.7 Å². The van der Waals surface area contributed by atoms with E-state index in [0.717, 1.165) is 38.5 Å². The van der Waals surface area contributed by atoms with Gasteiger partial charge < -0.3 is 14.6 Å². The second-order valence-electron chi connectivity index (χ2n) is 8.96. The number of hydrogen-bond acceptors (Lipinski definition) is 5. The molecule has 0 aromatic carbocycles. The van der Waals surface area contributed by atoms with Crippen molar-refractivity contribution in [3.05, 3.63) is 12.2 Å². The molecule has 1 N–H and O–H groups in total. The Morgan fingerprint density at radius 3 is 2.46 bits per heavy atom. The number of ether oxygens (including phenoxy) is 2. The van der Waals surface area contributed by atoms with Gasteiger partial charge in [-0.15, -0.1) is 0 Å². The van der Waals surface area contributed by atoms with Gasteiger partial charge in [0.15, 0.2) is 0 Å². The van der Waals surface area contributed by atoms with E-state index in [1.54, 1.807) is 0 Å². The lowest BCUT2D eigenvalue weighted by molar-refractivity contribution is -0.167. The maximum absolute atomic E-state index is 12.5. The minimum Gasteiger partial charge on any atom is -0.462 e. The lowest BCUT2D eigenvalue weighted by Crippen LogP contribution is -2.36. The van der Waals surface area contributed by atoms with Gasteiger partial charge in [-0.3, -0.25) is 9.59 Å². The summed E-state index contributed by atoms with van der Waals surface area (Å²) in [6.07, 6.45) is 11.4. The summed E-state index contributed by atoms with van der Waals surface area (Å²) in [6, 6.07) is 0. The van der Waals surface area contributed by atoms with Crippen LogP contribution in [-0.4, -0.2) is 34.9 Å². The van der Waals surface area contributed by atoms with Gasteiger partial charge in [0, 0.05) is 11.8 Å². The van der Waals surface area contributed by atoms with Gasteiger partial charge in [0.25, 0.3) is 0 Å². The molecule has 3 saturated carbocycles. The maximum atomic E-state index is 12.5. The monoisotopic (exact) mass is 362 g/mol. The Morgan fingerprint density at radius 2 is 1.81 bits per heavy atom. The normalized spacial score (nSPS) is 40.5. The lowest BCUT2D eigenvalue weighted by Gasteiger charge is -2.34. The number of hydrogen-bond donors (Lipinski definition) is 1. The zero-order valence-corrected chi connectivity index (χ0v) is 15.6. The standard InChI is InChI=1S/C21H30O5/c1-21(9-3-2-4-10-21)26-19(23)14-5-7-15(11-14)25-20(24)17-12-13-6-8-16(17)18(13)22/h6,8,13-18,22H,2-5,7,9-12H2,1H3. The average molecular weight is 362 g/mol. The molecule has 0 aromatic heterocycles. The molecular weight excluding hydrogens is 332 g/mol. The van der Waals surface area contributed by atoms with E-state index in [9.17, 15) is 14.7 Å². The molecule has 3 fully saturated rings. The van der Waals surface area contributed by atoms with Gasteiger partial charge in [-0.05, 0) is 58.3 Å². The third kappa shape index (κ3) is 3.42. The fraction of sp³-hybridized carbons (Fsp3) is 0.810. The molecule has 0 radical (unpaired) electrons. The quantitative estimate of drug-likeness (QED) is 0.614. The first-order chi connectivity index (χ1) is 12.5. The molecule has 0 spiro atoms. The van der Waals surface area contributed by atoms with Crippen LogP contribution >= 0.6 is 0 Å². The van der Waals surface area contributed by atoms with Crippen molar-refractivity contribution in [1.82, 2.24) is 0 Å². The summed E-state index contributed by atoms with van der Waals surface area (Å²) in [6.45, 7) is 2.05. The number of fused-ring (bicyclic) bond motifs is 2. The van der Waals surface area contributed by atoms with Crippen LogP contribution in [0, 0.1) is 23.7 Å². The van der Waals surface area contributed by atoms with Crippen LogP contribution in [0.15, 0.2) is 12.2 Å². The summed E-state index contributed by atoms with van der Waals surface area (Å²) < 4.78 is 11.5. The molecule has 4 rings (SSSR count). The van der Waals surface area contributed by atoms with E-state index < -0.39 is 6.10 Å². The van der Waals surface area contributed by atoms with Crippen LogP contribution < -0.4 is 0 Å². The van der Waals surface area contributed by atoms with Crippen LogP contribution in [0.5, 0.6) is 0 Å². The Balaban J connectivity index is 1.26. The molecule has 6 unspecified atom stereocenters. The van der Waals surface area contributed by atoms with Gasteiger partial charge in [-0.2, -0.15) is 0 Å². The molecule has 2 bridgehead atoms. The lowest BCUT2D eigenvalue weighted by atomic mass is 9.86. The Labute approximate surface area is 155 Å². The highest BCUT2D eigenvalue weighted by molar-refractivity contribution is 5.75. The molecule has 5 heteroatoms. The second-order valence-corrected chi connectivity index (χ2v) is 8.96. The maximum Gasteiger partial charge on any atom is 0.309 e. The summed E-state index contributed by atoms with van der Waals surface area (Å²) in [5.74, 6) is -0.712. The summed E-state index contributed by atoms with van der Waals surface area (Å²) in [7, 11) is 0. The smallest absolute Gasteiger partial charge is 0.309 e. The molecule has 6 atom stereocenters. The van der Waals surface area contributed by atoms with Crippen LogP contribution in [-0.2, 0) is 19.1 Å². The Morgan fingerprint density at radius 1 is 1.04 bits per heavy atom. The van der Waals surface area contributed by atoms with Crippen LogP contribution in [0.25, 0.3) is 0 Å². The molecule has 4 aliphatic rings. The van der Waals surface area contributed by atoms with E-state index in [2.05, 4.69) is 0 Å². The Kier molecular flexibility index (Phi) is 4.84. The molecule has 4 aliphatic carbocycles. The van der Waals surface area contributed by atoms with Crippen molar-refractivity contribution < 1.29 is 24.2 Å². The van der Waals surface area contributed by atoms with E-state index >= 15 is 0 Å². The summed E-state index contributed by atoms with van der Waals surface area (Å²) in [5, 5.41) is 10.1. The number of esters is 2. The van der Waals surface area contributed by atoms with Gasteiger partial charge in [-0.25, -0.2) is 0 Å². The molecule has 0 aromatic rings. The SMILES string of the molecule is CC1(OC(=O)C2CCC(OC(=O)C3CC4C=CC3C4O)C2)CCCCC1. The molecule has 5 nitrogen and oxygen atoms in total. The van der Waals surface area contributed by atoms with Crippen LogP contribution in [0.2, 0.25) is 0 Å². The topological polar surface area (TPSA) is 72.8 Å². The Hall–Kier alpha value is -1.36. The van der Waals surface area contributed by atoms with Gasteiger partial charge in [0.2, 0.25) is 0 Å². The number of carbonyl (C=O) groups excluding carboxylic acids is 2. The highest BCUT2D eigenvalue weighted by atomic mass is 16.6. The number of aliphatic hydroxyl groups is 1. The highest BCUT2D eigenvalue weighted by Gasteiger charge is 2.48. The predicted octanol–water partition coefficient (Wildman–Crippen LogP) is 3.15. The van der Waals surface area contributed by atoms with E-state index in [-0.39, 0.29) is 47.3 Å². The van der Waals surface area contributed by atoms with Gasteiger partial charge in [0.05, 0.1) is 17.9 Å². The third-order valence-corrected chi connectivity index (χ3v) is 6.97. The van der Waals surface area contributed by atoms with Gasteiger partial charge in [-0.1, -0.05) is 18.6 Å². The van der Waals surface area contributed by atoms with Crippen molar-refractivity contribution in [2.45, 2.75) is 82.5 Å². The second kappa shape index (κ2) is 6.99. The first-order valence-corrected chi connectivity index (χ1v) is 10.2. The molecule has 0 saturated heterocycles. The van der Waals surface area contributed by atoms with Crippen LogP contribution in [0.3, 0.4) is 0 Å². The predicted molar refractivity (Wildman–Crippen MR) is 95.0 cm³/mol. The fourth-order valence-corrected chi connectivity index (χ4v) is 5.32. The number of carbonyl (C=O) groups is 2. The van der Waals surface area contributed by atoms with E-state index in [0.29, 0.717) is 12.8 Å². The third-order valence-electron chi connectivity index (χ3n) is 6.97. The summed E-state index contributed by atoms with van der Waals surface area (Å²) in [5.41, 5.74) is -0.310. The molecule has 0 heterocycles. The zero-order valence-electron chi connectivity index (χ0n) is 15.6. The largest absolute Gasteiger partial charge is 0.462 e. The van der Waals surface area contributed by atoms with Crippen LogP contribution in [0.4, 0.5) is 0 Å². The molecule has 0 aliphatic heterocycles. The van der Waals surface area contributed by atoms with Crippen molar-refractivity contribution in [2.75, 3.05) is 0 Å². The molecule has 26 heavy (non-hydrogen) atoms. The van der Waals surface area contributed by atoms with E-state index in [1.165, 1.54) is 6.42 Å². The Bertz CT molecular complexity index is 591. The van der Waals surface area contributed by atoms with Crippen molar-refractivity contribution in [1.29, 1.82) is 0 Å². The summed E-state index contributed by atoms with van der Waals surface area (Å²) in [4.78, 5) is 25.0. The van der Waals surface area contributed by atoms with Crippen molar-refractivity contribution in [3.63, 3.8) is 0 Å².